The van der Waals surface area contributed by atoms with Crippen molar-refractivity contribution in [3.63, 3.8) is 0 Å². The van der Waals surface area contributed by atoms with Gasteiger partial charge in [-0.2, -0.15) is 0 Å². The van der Waals surface area contributed by atoms with E-state index in [0.717, 1.165) is 16.1 Å². The smallest absolute Gasteiger partial charge is 0.270 e. The number of amides is 2. The molecule has 2 amide bonds. The molecule has 2 N–H and O–H groups in total. The Labute approximate surface area is 166 Å². The lowest BCUT2D eigenvalue weighted by Gasteiger charge is -2.06. The molecule has 0 fully saturated rings. The monoisotopic (exact) mass is 399 g/mol. The molecular weight excluding hydrogens is 382 g/mol. The molecule has 0 saturated carbocycles. The van der Waals surface area contributed by atoms with Gasteiger partial charge in [-0.25, -0.2) is 4.98 Å². The van der Waals surface area contributed by atoms with Crippen LogP contribution in [0.15, 0.2) is 60.0 Å². The zero-order valence-corrected chi connectivity index (χ0v) is 16.0. The highest BCUT2D eigenvalue weighted by atomic mass is 35.5. The first-order valence-electron chi connectivity index (χ1n) is 8.42. The van der Waals surface area contributed by atoms with Gasteiger partial charge in [0.1, 0.15) is 10.7 Å². The number of thiazole rings is 1. The molecule has 0 unspecified atom stereocenters. The van der Waals surface area contributed by atoms with Crippen molar-refractivity contribution in [2.75, 3.05) is 13.1 Å². The molecule has 0 aliphatic rings. The van der Waals surface area contributed by atoms with Gasteiger partial charge in [0.2, 0.25) is 5.91 Å². The average molecular weight is 400 g/mol. The van der Waals surface area contributed by atoms with Crippen LogP contribution in [0, 0.1) is 0 Å². The molecule has 1 aromatic heterocycles. The molecule has 0 spiro atoms. The Morgan fingerprint density at radius 3 is 2.56 bits per heavy atom. The minimum absolute atomic E-state index is 0.0765. The number of halogens is 1. The van der Waals surface area contributed by atoms with E-state index in [1.807, 2.05) is 48.5 Å². The summed E-state index contributed by atoms with van der Waals surface area (Å²) in [6.45, 7) is 0.700. The van der Waals surface area contributed by atoms with Crippen molar-refractivity contribution in [2.24, 2.45) is 0 Å². The molecule has 1 heterocycles. The molecule has 0 aliphatic carbocycles. The van der Waals surface area contributed by atoms with Crippen LogP contribution in [0.3, 0.4) is 0 Å². The number of nitrogens with one attached hydrogen (secondary N) is 2. The maximum absolute atomic E-state index is 12.2. The van der Waals surface area contributed by atoms with Crippen molar-refractivity contribution < 1.29 is 9.59 Å². The maximum Gasteiger partial charge on any atom is 0.270 e. The van der Waals surface area contributed by atoms with Crippen molar-refractivity contribution >= 4 is 34.8 Å². The Bertz CT molecular complexity index is 928. The Kier molecular flexibility index (Phi) is 6.57. The van der Waals surface area contributed by atoms with Crippen molar-refractivity contribution in [2.45, 2.75) is 6.42 Å². The number of nitrogens with zero attached hydrogens (tertiary/aromatic N) is 1. The van der Waals surface area contributed by atoms with Crippen LogP contribution in [0.4, 0.5) is 0 Å². The van der Waals surface area contributed by atoms with Crippen molar-refractivity contribution in [1.82, 2.24) is 15.6 Å². The highest BCUT2D eigenvalue weighted by Crippen LogP contribution is 2.25. The third-order valence-corrected chi connectivity index (χ3v) is 4.88. The fourth-order valence-corrected chi connectivity index (χ4v) is 3.43. The van der Waals surface area contributed by atoms with E-state index in [-0.39, 0.29) is 11.8 Å². The van der Waals surface area contributed by atoms with E-state index in [0.29, 0.717) is 30.2 Å². The van der Waals surface area contributed by atoms with Gasteiger partial charge in [0.05, 0.1) is 6.42 Å². The van der Waals surface area contributed by atoms with Gasteiger partial charge >= 0.3 is 0 Å². The highest BCUT2D eigenvalue weighted by Gasteiger charge is 2.12. The summed E-state index contributed by atoms with van der Waals surface area (Å²) in [7, 11) is 0. The molecule has 0 aliphatic heterocycles. The predicted molar refractivity (Wildman–Crippen MR) is 108 cm³/mol. The van der Waals surface area contributed by atoms with Crippen LogP contribution in [0.5, 0.6) is 0 Å². The number of rotatable bonds is 7. The number of benzene rings is 2. The molecule has 7 heteroatoms. The summed E-state index contributed by atoms with van der Waals surface area (Å²) >= 11 is 7.37. The molecule has 0 bridgehead atoms. The van der Waals surface area contributed by atoms with E-state index < -0.39 is 0 Å². The molecule has 5 nitrogen and oxygen atoms in total. The second-order valence-electron chi connectivity index (χ2n) is 5.82. The molecule has 3 aromatic rings. The third-order valence-electron chi connectivity index (χ3n) is 3.75. The summed E-state index contributed by atoms with van der Waals surface area (Å²) in [6, 6.07) is 16.9. The zero-order chi connectivity index (χ0) is 19.1. The van der Waals surface area contributed by atoms with Gasteiger partial charge in [-0.1, -0.05) is 54.1 Å². The number of carbonyl (C=O) groups is 2. The zero-order valence-electron chi connectivity index (χ0n) is 14.4. The largest absolute Gasteiger partial charge is 0.354 e. The normalized spacial score (nSPS) is 10.4. The summed E-state index contributed by atoms with van der Waals surface area (Å²) < 4.78 is 0. The van der Waals surface area contributed by atoms with Gasteiger partial charge < -0.3 is 10.6 Å². The topological polar surface area (TPSA) is 71.1 Å². The third kappa shape index (κ3) is 5.64. The lowest BCUT2D eigenvalue weighted by atomic mass is 10.1. The van der Waals surface area contributed by atoms with Crippen LogP contribution in [0.1, 0.15) is 16.1 Å². The van der Waals surface area contributed by atoms with Gasteiger partial charge in [-0.05, 0) is 17.7 Å². The van der Waals surface area contributed by atoms with Gasteiger partial charge in [-0.3, -0.25) is 9.59 Å². The van der Waals surface area contributed by atoms with E-state index >= 15 is 0 Å². The van der Waals surface area contributed by atoms with Crippen LogP contribution in [-0.4, -0.2) is 29.9 Å². The Morgan fingerprint density at radius 2 is 1.78 bits per heavy atom. The number of hydrogen-bond donors (Lipinski definition) is 2. The SMILES string of the molecule is O=C(Cc1ccccc1)NCCNC(=O)c1csc(-c2cccc(Cl)c2)n1. The Hall–Kier alpha value is -2.70. The van der Waals surface area contributed by atoms with Crippen LogP contribution >= 0.6 is 22.9 Å². The summed E-state index contributed by atoms with van der Waals surface area (Å²) in [5.74, 6) is -0.343. The van der Waals surface area contributed by atoms with Gasteiger partial charge in [-0.15, -0.1) is 11.3 Å². The molecule has 0 atom stereocenters. The minimum atomic E-state index is -0.267. The van der Waals surface area contributed by atoms with Crippen LogP contribution in [0.25, 0.3) is 10.6 Å². The van der Waals surface area contributed by atoms with Crippen molar-refractivity contribution in [1.29, 1.82) is 0 Å². The van der Waals surface area contributed by atoms with Gasteiger partial charge in [0.15, 0.2) is 0 Å². The second kappa shape index (κ2) is 9.30. The second-order valence-corrected chi connectivity index (χ2v) is 7.11. The summed E-state index contributed by atoms with van der Waals surface area (Å²) in [5.41, 5.74) is 2.18. The van der Waals surface area contributed by atoms with Crippen molar-refractivity contribution in [3.8, 4) is 10.6 Å². The number of aromatic nitrogens is 1. The van der Waals surface area contributed by atoms with Crippen molar-refractivity contribution in [3.05, 3.63) is 76.3 Å². The van der Waals surface area contributed by atoms with E-state index in [9.17, 15) is 9.59 Å². The number of hydrogen-bond acceptors (Lipinski definition) is 4. The Balaban J connectivity index is 1.44. The molecule has 2 aromatic carbocycles. The van der Waals surface area contributed by atoms with Crippen LogP contribution in [0.2, 0.25) is 5.02 Å². The van der Waals surface area contributed by atoms with E-state index in [2.05, 4.69) is 15.6 Å². The van der Waals surface area contributed by atoms with Gasteiger partial charge in [0, 0.05) is 29.1 Å². The first kappa shape index (κ1) is 19.1. The first-order chi connectivity index (χ1) is 13.1. The first-order valence-corrected chi connectivity index (χ1v) is 9.68. The maximum atomic E-state index is 12.2. The Morgan fingerprint density at radius 1 is 1.00 bits per heavy atom. The lowest BCUT2D eigenvalue weighted by molar-refractivity contribution is -0.120. The molecule has 0 saturated heterocycles. The summed E-state index contributed by atoms with van der Waals surface area (Å²) in [6.07, 6.45) is 0.323. The predicted octanol–water partition coefficient (Wildman–Crippen LogP) is 3.55. The van der Waals surface area contributed by atoms with Crippen LogP contribution in [-0.2, 0) is 11.2 Å². The lowest BCUT2D eigenvalue weighted by Crippen LogP contribution is -2.35. The minimum Gasteiger partial charge on any atom is -0.354 e. The fourth-order valence-electron chi connectivity index (χ4n) is 2.44. The average Bonchev–Trinajstić information content (AvgIpc) is 3.16. The molecular formula is C20H18ClN3O2S. The standard InChI is InChI=1S/C20H18ClN3O2S/c21-16-8-4-7-15(12-16)20-24-17(13-27-20)19(26)23-10-9-22-18(25)11-14-5-2-1-3-6-14/h1-8,12-13H,9-11H2,(H,22,25)(H,23,26). The molecule has 0 radical (unpaired) electrons. The summed E-state index contributed by atoms with van der Waals surface area (Å²) in [5, 5.41) is 8.62. The summed E-state index contributed by atoms with van der Waals surface area (Å²) in [4.78, 5) is 28.4. The quantitative estimate of drug-likeness (QED) is 0.597. The van der Waals surface area contributed by atoms with Crippen LogP contribution < -0.4 is 10.6 Å². The molecule has 27 heavy (non-hydrogen) atoms. The number of carbonyl (C=O) groups excluding carboxylic acids is 2. The van der Waals surface area contributed by atoms with E-state index in [1.54, 1.807) is 11.4 Å². The highest BCUT2D eigenvalue weighted by molar-refractivity contribution is 7.13. The van der Waals surface area contributed by atoms with Gasteiger partial charge in [0.25, 0.3) is 5.91 Å². The van der Waals surface area contributed by atoms with E-state index in [1.165, 1.54) is 11.3 Å². The molecule has 138 valence electrons. The fraction of sp³-hybridized carbons (Fsp3) is 0.150. The molecule has 3 rings (SSSR count). The van der Waals surface area contributed by atoms with E-state index in [4.69, 9.17) is 11.6 Å².